The molecule has 1 aliphatic heterocycles. The number of nitrogens with one attached hydrogen (secondary N) is 1. The molecule has 1 atom stereocenters. The molecule has 0 radical (unpaired) electrons. The van der Waals surface area contributed by atoms with E-state index in [0.29, 0.717) is 32.0 Å². The van der Waals surface area contributed by atoms with Crippen LogP contribution in [0.1, 0.15) is 51.9 Å². The molecule has 1 saturated heterocycles. The van der Waals surface area contributed by atoms with Crippen LogP contribution < -0.4 is 5.32 Å². The second-order valence-electron chi connectivity index (χ2n) is 6.28. The minimum absolute atomic E-state index is 0.114. The van der Waals surface area contributed by atoms with E-state index in [-0.39, 0.29) is 11.8 Å². The highest BCUT2D eigenvalue weighted by molar-refractivity contribution is 5.88. The van der Waals surface area contributed by atoms with E-state index >= 15 is 0 Å². The van der Waals surface area contributed by atoms with Gasteiger partial charge in [0.05, 0.1) is 0 Å². The van der Waals surface area contributed by atoms with Crippen LogP contribution in [-0.2, 0) is 14.3 Å². The lowest BCUT2D eigenvalue weighted by atomic mass is 9.88. The molecule has 0 aromatic carbocycles. The lowest BCUT2D eigenvalue weighted by molar-refractivity contribution is -0.152. The molecular formula is C15H25NO4. The molecule has 1 amide bonds. The fourth-order valence-corrected chi connectivity index (χ4v) is 3.32. The van der Waals surface area contributed by atoms with E-state index in [1.807, 2.05) is 6.92 Å². The van der Waals surface area contributed by atoms with Crippen molar-refractivity contribution in [3.8, 4) is 0 Å². The van der Waals surface area contributed by atoms with Gasteiger partial charge < -0.3 is 15.2 Å². The quantitative estimate of drug-likeness (QED) is 0.808. The third-order valence-corrected chi connectivity index (χ3v) is 4.73. The highest BCUT2D eigenvalue weighted by atomic mass is 16.5. The zero-order chi connectivity index (χ0) is 14.6. The zero-order valence-corrected chi connectivity index (χ0v) is 12.2. The molecule has 2 N–H and O–H groups in total. The summed E-state index contributed by atoms with van der Waals surface area (Å²) in [5.41, 5.74) is -1.13. The van der Waals surface area contributed by atoms with Crippen LogP contribution in [0.2, 0.25) is 0 Å². The molecule has 1 saturated carbocycles. The van der Waals surface area contributed by atoms with Gasteiger partial charge in [-0.25, -0.2) is 4.79 Å². The largest absolute Gasteiger partial charge is 0.480 e. The van der Waals surface area contributed by atoms with Crippen molar-refractivity contribution in [3.05, 3.63) is 0 Å². The topological polar surface area (TPSA) is 75.6 Å². The van der Waals surface area contributed by atoms with E-state index in [0.717, 1.165) is 6.42 Å². The maximum absolute atomic E-state index is 12.3. The molecule has 2 rings (SSSR count). The number of amides is 1. The van der Waals surface area contributed by atoms with Gasteiger partial charge in [0, 0.05) is 32.0 Å². The molecule has 1 aliphatic carbocycles. The summed E-state index contributed by atoms with van der Waals surface area (Å²) < 4.78 is 5.21. The Balaban J connectivity index is 1.91. The number of hydrogen-bond donors (Lipinski definition) is 2. The first kappa shape index (κ1) is 15.3. The van der Waals surface area contributed by atoms with Crippen molar-refractivity contribution in [2.75, 3.05) is 13.2 Å². The van der Waals surface area contributed by atoms with Crippen LogP contribution >= 0.6 is 0 Å². The molecule has 2 fully saturated rings. The van der Waals surface area contributed by atoms with Crippen molar-refractivity contribution in [1.82, 2.24) is 5.32 Å². The van der Waals surface area contributed by atoms with Gasteiger partial charge in [-0.2, -0.15) is 0 Å². The number of ether oxygens (including phenoxy) is 1. The first-order valence-electron chi connectivity index (χ1n) is 7.67. The Morgan fingerprint density at radius 1 is 1.30 bits per heavy atom. The highest BCUT2D eigenvalue weighted by Gasteiger charge is 2.42. The van der Waals surface area contributed by atoms with Crippen LogP contribution in [-0.4, -0.2) is 35.7 Å². The third-order valence-electron chi connectivity index (χ3n) is 4.73. The van der Waals surface area contributed by atoms with Crippen LogP contribution in [0.15, 0.2) is 0 Å². The second-order valence-corrected chi connectivity index (χ2v) is 6.28. The smallest absolute Gasteiger partial charge is 0.329 e. The number of carbonyl (C=O) groups is 2. The fraction of sp³-hybridized carbons (Fsp3) is 0.867. The normalized spacial score (nSPS) is 24.2. The summed E-state index contributed by atoms with van der Waals surface area (Å²) in [7, 11) is 0. The maximum atomic E-state index is 12.3. The SMILES string of the molecule is CC(CC1CCCC1)C(=O)NC1(C(=O)O)CCOCC1. The highest BCUT2D eigenvalue weighted by Crippen LogP contribution is 2.31. The van der Waals surface area contributed by atoms with E-state index in [4.69, 9.17) is 4.74 Å². The lowest BCUT2D eigenvalue weighted by Crippen LogP contribution is -2.58. The molecule has 5 heteroatoms. The summed E-state index contributed by atoms with van der Waals surface area (Å²) in [6.07, 6.45) is 6.50. The molecule has 20 heavy (non-hydrogen) atoms. The van der Waals surface area contributed by atoms with Crippen LogP contribution in [0, 0.1) is 11.8 Å². The summed E-state index contributed by atoms with van der Waals surface area (Å²) >= 11 is 0. The van der Waals surface area contributed by atoms with Crippen molar-refractivity contribution in [1.29, 1.82) is 0 Å². The van der Waals surface area contributed by atoms with E-state index in [9.17, 15) is 14.7 Å². The average molecular weight is 283 g/mol. The zero-order valence-electron chi connectivity index (χ0n) is 12.2. The molecule has 0 bridgehead atoms. The van der Waals surface area contributed by atoms with Gasteiger partial charge in [0.2, 0.25) is 5.91 Å². The molecule has 0 spiro atoms. The van der Waals surface area contributed by atoms with Crippen molar-refractivity contribution in [2.24, 2.45) is 11.8 Å². The van der Waals surface area contributed by atoms with Gasteiger partial charge in [0.15, 0.2) is 0 Å². The van der Waals surface area contributed by atoms with E-state index in [2.05, 4.69) is 5.32 Å². The number of carbonyl (C=O) groups excluding carboxylic acids is 1. The summed E-state index contributed by atoms with van der Waals surface area (Å²) in [4.78, 5) is 23.8. The Labute approximate surface area is 120 Å². The average Bonchev–Trinajstić information content (AvgIpc) is 2.92. The van der Waals surface area contributed by atoms with Crippen molar-refractivity contribution in [3.63, 3.8) is 0 Å². The Bertz CT molecular complexity index is 357. The molecule has 5 nitrogen and oxygen atoms in total. The van der Waals surface area contributed by atoms with E-state index in [1.54, 1.807) is 0 Å². The summed E-state index contributed by atoms with van der Waals surface area (Å²) in [6.45, 7) is 2.69. The fourth-order valence-electron chi connectivity index (χ4n) is 3.32. The van der Waals surface area contributed by atoms with Crippen LogP contribution in [0.4, 0.5) is 0 Å². The van der Waals surface area contributed by atoms with Gasteiger partial charge in [-0.3, -0.25) is 4.79 Å². The van der Waals surface area contributed by atoms with Crippen LogP contribution in [0.25, 0.3) is 0 Å². The number of rotatable bonds is 5. The van der Waals surface area contributed by atoms with Gasteiger partial charge in [0.1, 0.15) is 5.54 Å². The number of aliphatic carboxylic acids is 1. The van der Waals surface area contributed by atoms with Crippen LogP contribution in [0.5, 0.6) is 0 Å². The molecular weight excluding hydrogens is 258 g/mol. The van der Waals surface area contributed by atoms with Crippen molar-refractivity contribution in [2.45, 2.75) is 57.4 Å². The van der Waals surface area contributed by atoms with Crippen molar-refractivity contribution < 1.29 is 19.4 Å². The molecule has 114 valence electrons. The maximum Gasteiger partial charge on any atom is 0.329 e. The minimum atomic E-state index is -1.13. The van der Waals surface area contributed by atoms with Gasteiger partial charge in [-0.05, 0) is 12.3 Å². The monoisotopic (exact) mass is 283 g/mol. The van der Waals surface area contributed by atoms with E-state index < -0.39 is 11.5 Å². The minimum Gasteiger partial charge on any atom is -0.480 e. The Kier molecular flexibility index (Phi) is 5.02. The predicted octanol–water partition coefficient (Wildman–Crippen LogP) is 1.95. The summed E-state index contributed by atoms with van der Waals surface area (Å²) in [5.74, 6) is -0.549. The Morgan fingerprint density at radius 2 is 1.90 bits per heavy atom. The van der Waals surface area contributed by atoms with Crippen molar-refractivity contribution >= 4 is 11.9 Å². The third kappa shape index (κ3) is 3.51. The number of carboxylic acid groups (broad SMARTS) is 1. The number of carboxylic acids is 1. The van der Waals surface area contributed by atoms with Gasteiger partial charge in [-0.15, -0.1) is 0 Å². The molecule has 2 aliphatic rings. The molecule has 0 aromatic heterocycles. The Morgan fingerprint density at radius 3 is 2.45 bits per heavy atom. The summed E-state index contributed by atoms with van der Waals surface area (Å²) in [6, 6.07) is 0. The standard InChI is InChI=1S/C15H25NO4/c1-11(10-12-4-2-3-5-12)13(17)16-15(14(18)19)6-8-20-9-7-15/h11-12H,2-10H2,1H3,(H,16,17)(H,18,19). The first-order valence-corrected chi connectivity index (χ1v) is 7.67. The summed E-state index contributed by atoms with van der Waals surface area (Å²) in [5, 5.41) is 12.2. The predicted molar refractivity (Wildman–Crippen MR) is 74.3 cm³/mol. The lowest BCUT2D eigenvalue weighted by Gasteiger charge is -2.35. The first-order chi connectivity index (χ1) is 9.53. The molecule has 1 heterocycles. The van der Waals surface area contributed by atoms with Gasteiger partial charge in [-0.1, -0.05) is 32.6 Å². The van der Waals surface area contributed by atoms with Crippen LogP contribution in [0.3, 0.4) is 0 Å². The Hall–Kier alpha value is -1.10. The second kappa shape index (κ2) is 6.57. The van der Waals surface area contributed by atoms with Gasteiger partial charge >= 0.3 is 5.97 Å². The molecule has 1 unspecified atom stereocenters. The number of hydrogen-bond acceptors (Lipinski definition) is 3. The van der Waals surface area contributed by atoms with E-state index in [1.165, 1.54) is 25.7 Å². The van der Waals surface area contributed by atoms with Gasteiger partial charge in [0.25, 0.3) is 0 Å². The molecule has 0 aromatic rings.